The first-order valence-corrected chi connectivity index (χ1v) is 34.9. The maximum Gasteiger partial charge on any atom is 0.220 e. The average Bonchev–Trinajstić information content (AvgIpc) is 3.10. The third-order valence-corrected chi connectivity index (χ3v) is 15.9. The lowest BCUT2D eigenvalue weighted by Gasteiger charge is -2.30. The van der Waals surface area contributed by atoms with Gasteiger partial charge in [0.15, 0.2) is 6.80 Å². The fourth-order valence-corrected chi connectivity index (χ4v) is 10.8. The smallest absolute Gasteiger partial charge is 0.220 e. The summed E-state index contributed by atoms with van der Waals surface area (Å²) in [4.78, 5) is 71.8. The van der Waals surface area contributed by atoms with E-state index in [1.54, 1.807) is 11.8 Å². The third kappa shape index (κ3) is 41.7. The van der Waals surface area contributed by atoms with Crippen LogP contribution in [0, 0.1) is 0 Å². The summed E-state index contributed by atoms with van der Waals surface area (Å²) >= 11 is 30.3. The predicted octanol–water partition coefficient (Wildman–Crippen LogP) is 2.84. The summed E-state index contributed by atoms with van der Waals surface area (Å²) in [5.41, 5.74) is 0. The molecule has 0 spiro atoms. The first kappa shape index (κ1) is 61.0. The normalized spacial score (nSPS) is 18.3. The van der Waals surface area contributed by atoms with Crippen molar-refractivity contribution < 1.29 is 83.6 Å². The Hall–Kier alpha value is 3.01. The molecular formula is C26H53NO18P6S7-6. The van der Waals surface area contributed by atoms with Crippen LogP contribution in [0.2, 0.25) is 0 Å². The minimum atomic E-state index is -3.90. The molecule has 0 aliphatic heterocycles. The highest BCUT2D eigenvalue weighted by atomic mass is 32.7. The van der Waals surface area contributed by atoms with Gasteiger partial charge in [0.1, 0.15) is 26.9 Å². The Labute approximate surface area is 377 Å². The van der Waals surface area contributed by atoms with Crippen LogP contribution in [0.25, 0.3) is 0 Å². The van der Waals surface area contributed by atoms with E-state index in [9.17, 15) is 33.8 Å². The fourth-order valence-electron chi connectivity index (χ4n) is 3.57. The average molecular weight is 1080 g/mol. The van der Waals surface area contributed by atoms with Crippen LogP contribution in [-0.4, -0.2) is 104 Å². The van der Waals surface area contributed by atoms with Crippen LogP contribution < -0.4 is 29.8 Å². The van der Waals surface area contributed by atoms with Crippen LogP contribution in [-0.2, 0) is 130 Å². The molecule has 0 bridgehead atoms. The molecule has 0 fully saturated rings. The molecule has 0 heterocycles. The van der Waals surface area contributed by atoms with Crippen LogP contribution in [0.1, 0.15) is 64.2 Å². The minimum absolute atomic E-state index is 0.0418. The van der Waals surface area contributed by atoms with Gasteiger partial charge in [-0.15, -0.1) is 0 Å². The first-order chi connectivity index (χ1) is 27.0. The number of carbonyl (C=O) groups is 1. The van der Waals surface area contributed by atoms with Gasteiger partial charge in [0.05, 0.1) is 72.7 Å². The van der Waals surface area contributed by atoms with E-state index in [1.807, 2.05) is 6.26 Å². The monoisotopic (exact) mass is 1080 g/mol. The summed E-state index contributed by atoms with van der Waals surface area (Å²) in [5.74, 6) is 0.835. The molecule has 0 saturated heterocycles. The second-order valence-electron chi connectivity index (χ2n) is 11.4. The Morgan fingerprint density at radius 3 is 1.14 bits per heavy atom. The molecule has 0 aromatic rings. The van der Waals surface area contributed by atoms with Gasteiger partial charge >= 0.3 is 0 Å². The summed E-state index contributed by atoms with van der Waals surface area (Å²) in [5, 5.41) is 2.86. The number of amides is 1. The van der Waals surface area contributed by atoms with Gasteiger partial charge in [-0.3, -0.25) is 9.36 Å². The van der Waals surface area contributed by atoms with E-state index in [-0.39, 0.29) is 111 Å². The van der Waals surface area contributed by atoms with Crippen molar-refractivity contribution >= 4 is 129 Å². The number of rotatable bonds is 41. The zero-order chi connectivity index (χ0) is 44.0. The summed E-state index contributed by atoms with van der Waals surface area (Å²) in [6.45, 7) is -21.3. The highest BCUT2D eigenvalue weighted by molar-refractivity contribution is 8.32. The molecule has 6 unspecified atom stereocenters. The van der Waals surface area contributed by atoms with Gasteiger partial charge in [-0.25, -0.2) is 0 Å². The molecule has 19 nitrogen and oxygen atoms in total. The zero-order valence-electron chi connectivity index (χ0n) is 32.2. The van der Waals surface area contributed by atoms with E-state index in [0.29, 0.717) is 19.4 Å². The fraction of sp³-hybridized carbons (Fsp3) is 0.962. The van der Waals surface area contributed by atoms with E-state index in [0.717, 1.165) is 25.0 Å². The number of nitrogens with one attached hydrogen (secondary N) is 1. The van der Waals surface area contributed by atoms with Crippen molar-refractivity contribution in [1.82, 2.24) is 5.32 Å². The van der Waals surface area contributed by atoms with Crippen LogP contribution in [0.15, 0.2) is 0 Å². The summed E-state index contributed by atoms with van der Waals surface area (Å²) < 4.78 is 68.0. The van der Waals surface area contributed by atoms with E-state index in [4.69, 9.17) is 109 Å². The topological polar surface area (TPSA) is 263 Å². The molecule has 0 rings (SSSR count). The van der Waals surface area contributed by atoms with Gasteiger partial charge in [-0.1, -0.05) is 71.9 Å². The van der Waals surface area contributed by atoms with Crippen LogP contribution in [0.5, 0.6) is 0 Å². The van der Waals surface area contributed by atoms with Crippen molar-refractivity contribution in [3.63, 3.8) is 0 Å². The second kappa shape index (κ2) is 34.3. The van der Waals surface area contributed by atoms with Gasteiger partial charge in [-0.2, -0.15) is 11.8 Å². The quantitative estimate of drug-likeness (QED) is 0.0524. The Kier molecular flexibility index (Phi) is 36.1. The van der Waals surface area contributed by atoms with E-state index in [2.05, 4.69) is 17.1 Å². The van der Waals surface area contributed by atoms with Crippen LogP contribution in [0.3, 0.4) is 0 Å². The van der Waals surface area contributed by atoms with E-state index in [1.165, 1.54) is 6.66 Å². The largest absolute Gasteiger partial charge is 0.801 e. The maximum atomic E-state index is 12.3. The first-order valence-electron chi connectivity index (χ1n) is 17.7. The summed E-state index contributed by atoms with van der Waals surface area (Å²) in [6, 6.07) is 0. The molecule has 0 aliphatic rings. The number of hydrogen-bond donors (Lipinski definition) is 1. The molecular weight excluding hydrogens is 1020 g/mol. The van der Waals surface area contributed by atoms with Crippen molar-refractivity contribution in [3.05, 3.63) is 0 Å². The highest BCUT2D eigenvalue weighted by Crippen LogP contribution is 2.46. The number of unbranched alkanes of at least 4 members (excludes halogenated alkanes) is 3. The number of hydrogen-bond acceptors (Lipinski definition) is 25. The summed E-state index contributed by atoms with van der Waals surface area (Å²) in [6.07, 6.45) is 6.31. The standard InChI is InChI=1S/C26H59NO18P6S7/c1-46(29,52)35-15-7-16-37-48(31,54)39-19-9-20-41-50(33,56)43-23-11-24-45-51(34,57)44-22-10-21-42-49(32,55)40-18-8-17-38-47(30,53)36-14-6-4-3-5-13-27-26(28)12-25-58-2/h3-25H2,1-2H3,(H,27,28)(H,29,52)(H,30,53)(H,31,54)(H,32,55)(H,33,56)(H,34,57)/p-6. The molecule has 0 radical (unpaired) electrons. The molecule has 0 saturated carbocycles. The van der Waals surface area contributed by atoms with Crippen molar-refractivity contribution in [2.75, 3.05) is 97.9 Å². The Morgan fingerprint density at radius 2 is 0.810 bits per heavy atom. The molecule has 0 aromatic carbocycles. The number of thioether (sulfide) groups is 1. The highest BCUT2D eigenvalue weighted by Gasteiger charge is 2.11. The third-order valence-electron chi connectivity index (χ3n) is 6.19. The molecule has 348 valence electrons. The molecule has 1 N–H and O–H groups in total. The van der Waals surface area contributed by atoms with Crippen LogP contribution in [0.4, 0.5) is 0 Å². The molecule has 1 amide bonds. The molecule has 32 heteroatoms. The predicted molar refractivity (Wildman–Crippen MR) is 235 cm³/mol. The van der Waals surface area contributed by atoms with Crippen molar-refractivity contribution in [3.8, 4) is 0 Å². The minimum Gasteiger partial charge on any atom is -0.801 e. The van der Waals surface area contributed by atoms with Gasteiger partial charge in [0.2, 0.25) is 5.91 Å². The van der Waals surface area contributed by atoms with E-state index >= 15 is 0 Å². The van der Waals surface area contributed by atoms with Gasteiger partial charge in [-0.05, 0) is 64.4 Å². The Balaban J connectivity index is 3.93. The lowest BCUT2D eigenvalue weighted by molar-refractivity contribution is -0.209. The van der Waals surface area contributed by atoms with E-state index < -0.39 is 40.2 Å². The molecule has 58 heavy (non-hydrogen) atoms. The Bertz CT molecular complexity index is 1420. The molecule has 6 atom stereocenters. The van der Waals surface area contributed by atoms with Gasteiger partial charge < -0.3 is 91.8 Å². The zero-order valence-corrected chi connectivity index (χ0v) is 43.2. The van der Waals surface area contributed by atoms with Crippen molar-refractivity contribution in [2.45, 2.75) is 64.2 Å². The van der Waals surface area contributed by atoms with Gasteiger partial charge in [0, 0.05) is 18.7 Å². The molecule has 0 aromatic heterocycles. The number of carbonyl (C=O) groups excluding carboxylic acids is 1. The summed E-state index contributed by atoms with van der Waals surface area (Å²) in [7, 11) is 0. The SMILES string of the molecule is CSCCC(=O)NCCCCCCOP([O-])(=S)OCCCOP(=O)([S-])OCCCOP([O-])(=S)OCCCOP([O-])(=S)OCCCOP([O-])(=S)OCCCOP(C)([O-])=S. The Morgan fingerprint density at radius 1 is 0.517 bits per heavy atom. The van der Waals surface area contributed by atoms with Crippen molar-refractivity contribution in [2.24, 2.45) is 0 Å². The maximum absolute atomic E-state index is 12.3. The van der Waals surface area contributed by atoms with Gasteiger partial charge in [0.25, 0.3) is 0 Å². The van der Waals surface area contributed by atoms with Crippen LogP contribution >= 0.6 is 51.9 Å². The lowest BCUT2D eigenvalue weighted by Crippen LogP contribution is -2.24. The second-order valence-corrected chi connectivity index (χ2v) is 30.0. The van der Waals surface area contributed by atoms with Crippen molar-refractivity contribution in [1.29, 1.82) is 0 Å². The molecule has 0 aliphatic carbocycles. The lowest BCUT2D eigenvalue weighted by atomic mass is 10.2.